The largest absolute Gasteiger partial charge is 0.407 e. The Bertz CT molecular complexity index is 284. The van der Waals surface area contributed by atoms with Crippen LogP contribution < -0.4 is 5.73 Å². The van der Waals surface area contributed by atoms with Gasteiger partial charge in [0.05, 0.1) is 11.5 Å². The zero-order valence-electron chi connectivity index (χ0n) is 6.06. The van der Waals surface area contributed by atoms with Crippen molar-refractivity contribution in [1.29, 1.82) is 0 Å². The average molecular weight is 203 g/mol. The number of alkyl halides is 3. The van der Waals surface area contributed by atoms with E-state index in [-0.39, 0.29) is 0 Å². The van der Waals surface area contributed by atoms with Crippen molar-refractivity contribution < 1.29 is 21.6 Å². The van der Waals surface area contributed by atoms with E-state index >= 15 is 0 Å². The number of rotatable bonds is 0. The summed E-state index contributed by atoms with van der Waals surface area (Å²) in [4.78, 5) is 0. The molecule has 0 amide bonds. The van der Waals surface area contributed by atoms with Crippen LogP contribution in [-0.4, -0.2) is 31.6 Å². The molecule has 1 rings (SSSR count). The number of nitrogens with two attached hydrogens (primary N) is 1. The maximum Gasteiger partial charge on any atom is 0.407 e. The van der Waals surface area contributed by atoms with Crippen molar-refractivity contribution in [2.75, 3.05) is 11.5 Å². The lowest BCUT2D eigenvalue weighted by Gasteiger charge is -2.24. The van der Waals surface area contributed by atoms with Crippen LogP contribution in [0.25, 0.3) is 0 Å². The van der Waals surface area contributed by atoms with Gasteiger partial charge in [0.1, 0.15) is 5.54 Å². The average Bonchev–Trinajstić information content (AvgIpc) is 2.05. The molecule has 12 heavy (non-hydrogen) atoms. The quantitative estimate of drug-likeness (QED) is 0.605. The molecule has 1 saturated heterocycles. The molecule has 2 N–H and O–H groups in total. The summed E-state index contributed by atoms with van der Waals surface area (Å²) < 4.78 is 57.7. The van der Waals surface area contributed by atoms with Crippen LogP contribution in [0.1, 0.15) is 6.42 Å². The van der Waals surface area contributed by atoms with Crippen LogP contribution in [0.2, 0.25) is 0 Å². The van der Waals surface area contributed by atoms with Gasteiger partial charge >= 0.3 is 6.18 Å². The van der Waals surface area contributed by atoms with Crippen molar-refractivity contribution in [1.82, 2.24) is 0 Å². The van der Waals surface area contributed by atoms with E-state index in [1.807, 2.05) is 0 Å². The summed E-state index contributed by atoms with van der Waals surface area (Å²) in [5, 5.41) is 0. The molecule has 1 aliphatic rings. The molecule has 1 unspecified atom stereocenters. The highest BCUT2D eigenvalue weighted by Gasteiger charge is 2.57. The fourth-order valence-corrected chi connectivity index (χ4v) is 3.01. The summed E-state index contributed by atoms with van der Waals surface area (Å²) in [7, 11) is -3.58. The number of halogens is 3. The smallest absolute Gasteiger partial charge is 0.317 e. The fourth-order valence-electron chi connectivity index (χ4n) is 1.10. The topological polar surface area (TPSA) is 60.2 Å². The minimum Gasteiger partial charge on any atom is -0.317 e. The Morgan fingerprint density at radius 1 is 1.33 bits per heavy atom. The predicted octanol–water partition coefficient (Wildman–Crippen LogP) is 0.0647. The van der Waals surface area contributed by atoms with Crippen LogP contribution in [0, 0.1) is 0 Å². The molecule has 7 heteroatoms. The predicted molar refractivity (Wildman–Crippen MR) is 36.2 cm³/mol. The van der Waals surface area contributed by atoms with Gasteiger partial charge < -0.3 is 5.73 Å². The highest BCUT2D eigenvalue weighted by atomic mass is 32.2. The summed E-state index contributed by atoms with van der Waals surface area (Å²) in [6, 6.07) is 0. The van der Waals surface area contributed by atoms with Crippen molar-refractivity contribution in [2.45, 2.75) is 18.1 Å². The lowest BCUT2D eigenvalue weighted by atomic mass is 10.0. The zero-order valence-corrected chi connectivity index (χ0v) is 6.87. The van der Waals surface area contributed by atoms with Gasteiger partial charge in [-0.25, -0.2) is 8.42 Å². The normalized spacial score (nSPS) is 35.3. The molecule has 3 nitrogen and oxygen atoms in total. The molecular formula is C5H8F3NO2S. The van der Waals surface area contributed by atoms with Crippen molar-refractivity contribution in [3.05, 3.63) is 0 Å². The van der Waals surface area contributed by atoms with E-state index in [1.54, 1.807) is 0 Å². The Balaban J connectivity index is 2.93. The summed E-state index contributed by atoms with van der Waals surface area (Å²) >= 11 is 0. The highest BCUT2D eigenvalue weighted by Crippen LogP contribution is 2.36. The first-order valence-corrected chi connectivity index (χ1v) is 5.04. The molecule has 0 aromatic rings. The van der Waals surface area contributed by atoms with Crippen LogP contribution >= 0.6 is 0 Å². The molecule has 1 fully saturated rings. The van der Waals surface area contributed by atoms with Gasteiger partial charge in [0.2, 0.25) is 0 Å². The Morgan fingerprint density at radius 2 is 1.83 bits per heavy atom. The van der Waals surface area contributed by atoms with E-state index < -0.39 is 39.5 Å². The fraction of sp³-hybridized carbons (Fsp3) is 1.00. The van der Waals surface area contributed by atoms with Gasteiger partial charge in [-0.05, 0) is 6.42 Å². The third kappa shape index (κ3) is 1.56. The maximum atomic E-state index is 12.1. The van der Waals surface area contributed by atoms with Crippen molar-refractivity contribution >= 4 is 9.84 Å². The van der Waals surface area contributed by atoms with Crippen LogP contribution in [0.3, 0.4) is 0 Å². The standard InChI is InChI=1S/C5H8F3NO2S/c6-5(7,8)4(9)1-2-12(10,11)3-4/h1-3,9H2. The second kappa shape index (κ2) is 2.35. The molecular weight excluding hydrogens is 195 g/mol. The number of hydrogen-bond donors (Lipinski definition) is 1. The van der Waals surface area contributed by atoms with Crippen LogP contribution in [0.4, 0.5) is 13.2 Å². The Kier molecular flexibility index (Phi) is 1.92. The van der Waals surface area contributed by atoms with Crippen LogP contribution in [0.5, 0.6) is 0 Å². The Hall–Kier alpha value is -0.300. The van der Waals surface area contributed by atoms with E-state index in [0.717, 1.165) is 0 Å². The number of hydrogen-bond acceptors (Lipinski definition) is 3. The number of sulfone groups is 1. The van der Waals surface area contributed by atoms with Gasteiger partial charge in [0.15, 0.2) is 9.84 Å². The molecule has 72 valence electrons. The van der Waals surface area contributed by atoms with E-state index in [1.165, 1.54) is 0 Å². The van der Waals surface area contributed by atoms with E-state index in [9.17, 15) is 21.6 Å². The molecule has 1 heterocycles. The molecule has 0 saturated carbocycles. The minimum atomic E-state index is -4.63. The third-order valence-electron chi connectivity index (χ3n) is 1.90. The van der Waals surface area contributed by atoms with Gasteiger partial charge in [-0.2, -0.15) is 13.2 Å². The molecule has 0 aromatic carbocycles. The van der Waals surface area contributed by atoms with Gasteiger partial charge in [0.25, 0.3) is 0 Å². The monoisotopic (exact) mass is 203 g/mol. The zero-order chi connectivity index (χ0) is 9.62. The van der Waals surface area contributed by atoms with Gasteiger partial charge in [-0.15, -0.1) is 0 Å². The van der Waals surface area contributed by atoms with Gasteiger partial charge in [0, 0.05) is 0 Å². The van der Waals surface area contributed by atoms with Crippen LogP contribution in [-0.2, 0) is 9.84 Å². The second-order valence-corrected chi connectivity index (χ2v) is 5.18. The van der Waals surface area contributed by atoms with Crippen molar-refractivity contribution in [3.63, 3.8) is 0 Å². The minimum absolute atomic E-state index is 0.469. The van der Waals surface area contributed by atoms with Gasteiger partial charge in [-0.3, -0.25) is 0 Å². The first-order valence-electron chi connectivity index (χ1n) is 3.22. The third-order valence-corrected chi connectivity index (χ3v) is 3.68. The van der Waals surface area contributed by atoms with Crippen LogP contribution in [0.15, 0.2) is 0 Å². The molecule has 0 bridgehead atoms. The molecule has 0 radical (unpaired) electrons. The lowest BCUT2D eigenvalue weighted by Crippen LogP contribution is -2.54. The van der Waals surface area contributed by atoms with E-state index in [0.29, 0.717) is 0 Å². The molecule has 0 aliphatic carbocycles. The summed E-state index contributed by atoms with van der Waals surface area (Å²) in [5.41, 5.74) is 2.39. The summed E-state index contributed by atoms with van der Waals surface area (Å²) in [6.45, 7) is 0. The Morgan fingerprint density at radius 3 is 2.00 bits per heavy atom. The van der Waals surface area contributed by atoms with Crippen molar-refractivity contribution in [2.24, 2.45) is 5.73 Å². The highest BCUT2D eigenvalue weighted by molar-refractivity contribution is 7.91. The van der Waals surface area contributed by atoms with Crippen molar-refractivity contribution in [3.8, 4) is 0 Å². The van der Waals surface area contributed by atoms with Gasteiger partial charge in [-0.1, -0.05) is 0 Å². The molecule has 0 aromatic heterocycles. The van der Waals surface area contributed by atoms with E-state index in [2.05, 4.69) is 0 Å². The molecule has 1 atom stereocenters. The summed E-state index contributed by atoms with van der Waals surface area (Å²) in [6.07, 6.45) is -5.16. The first kappa shape index (κ1) is 9.79. The maximum absolute atomic E-state index is 12.1. The second-order valence-electron chi connectivity index (χ2n) is 3.00. The molecule has 1 aliphatic heterocycles. The summed E-state index contributed by atoms with van der Waals surface area (Å²) in [5.74, 6) is -1.45. The SMILES string of the molecule is NC1(C(F)(F)F)CCS(=O)(=O)C1. The van der Waals surface area contributed by atoms with E-state index in [4.69, 9.17) is 5.73 Å². The lowest BCUT2D eigenvalue weighted by molar-refractivity contribution is -0.178. The molecule has 0 spiro atoms. The first-order chi connectivity index (χ1) is 5.16. The Labute approximate surface area is 67.7 Å².